The Morgan fingerprint density at radius 2 is 2.33 bits per heavy atom. The minimum absolute atomic E-state index is 0.0953. The topological polar surface area (TPSA) is 35.5 Å². The minimum atomic E-state index is -0.214. The second kappa shape index (κ2) is 6.85. The molecule has 0 fully saturated rings. The molecule has 0 radical (unpaired) electrons. The standard InChI is InChI=1S/C9H16O3/c1-4-6-12-8(3)7-9(10)11-5-2/h4,8H,1,5-7H2,2-3H3. The maximum atomic E-state index is 10.9. The lowest BCUT2D eigenvalue weighted by molar-refractivity contribution is -0.145. The lowest BCUT2D eigenvalue weighted by atomic mass is 10.3. The van der Waals surface area contributed by atoms with Gasteiger partial charge in [-0.05, 0) is 13.8 Å². The zero-order chi connectivity index (χ0) is 9.40. The average Bonchev–Trinajstić information content (AvgIpc) is 2.01. The Kier molecular flexibility index (Phi) is 6.38. The summed E-state index contributed by atoms with van der Waals surface area (Å²) in [4.78, 5) is 10.9. The van der Waals surface area contributed by atoms with Crippen LogP contribution >= 0.6 is 0 Å². The van der Waals surface area contributed by atoms with Crippen molar-refractivity contribution in [1.82, 2.24) is 0 Å². The van der Waals surface area contributed by atoms with Crippen molar-refractivity contribution in [3.8, 4) is 0 Å². The van der Waals surface area contributed by atoms with Gasteiger partial charge < -0.3 is 9.47 Å². The van der Waals surface area contributed by atoms with E-state index in [9.17, 15) is 4.79 Å². The fourth-order valence-electron chi connectivity index (χ4n) is 0.746. The number of carbonyl (C=O) groups excluding carboxylic acids is 1. The van der Waals surface area contributed by atoms with Gasteiger partial charge in [-0.25, -0.2) is 0 Å². The normalized spacial score (nSPS) is 12.2. The van der Waals surface area contributed by atoms with Gasteiger partial charge in [0.05, 0.1) is 25.7 Å². The van der Waals surface area contributed by atoms with Gasteiger partial charge in [0.15, 0.2) is 0 Å². The van der Waals surface area contributed by atoms with Gasteiger partial charge in [0.2, 0.25) is 0 Å². The quantitative estimate of drug-likeness (QED) is 0.450. The van der Waals surface area contributed by atoms with Crippen molar-refractivity contribution < 1.29 is 14.3 Å². The first-order valence-electron chi connectivity index (χ1n) is 4.08. The van der Waals surface area contributed by atoms with E-state index in [1.807, 2.05) is 6.92 Å². The third kappa shape index (κ3) is 5.92. The van der Waals surface area contributed by atoms with Crippen LogP contribution in [0.5, 0.6) is 0 Å². The molecule has 0 bridgehead atoms. The first-order valence-corrected chi connectivity index (χ1v) is 4.08. The first-order chi connectivity index (χ1) is 5.70. The Bertz CT molecular complexity index is 143. The molecule has 0 aromatic carbocycles. The molecule has 70 valence electrons. The zero-order valence-corrected chi connectivity index (χ0v) is 7.71. The molecule has 0 aromatic rings. The van der Waals surface area contributed by atoms with Crippen molar-refractivity contribution >= 4 is 5.97 Å². The molecule has 0 N–H and O–H groups in total. The van der Waals surface area contributed by atoms with E-state index in [4.69, 9.17) is 9.47 Å². The molecule has 1 atom stereocenters. The Hall–Kier alpha value is -0.830. The van der Waals surface area contributed by atoms with Gasteiger partial charge in [-0.2, -0.15) is 0 Å². The predicted molar refractivity (Wildman–Crippen MR) is 46.9 cm³/mol. The number of carbonyl (C=O) groups is 1. The van der Waals surface area contributed by atoms with Crippen molar-refractivity contribution in [3.05, 3.63) is 12.7 Å². The summed E-state index contributed by atoms with van der Waals surface area (Å²) >= 11 is 0. The monoisotopic (exact) mass is 172 g/mol. The highest BCUT2D eigenvalue weighted by atomic mass is 16.5. The highest BCUT2D eigenvalue weighted by Crippen LogP contribution is 1.99. The molecule has 0 aliphatic heterocycles. The molecule has 0 saturated carbocycles. The van der Waals surface area contributed by atoms with Gasteiger partial charge in [0, 0.05) is 0 Å². The summed E-state index contributed by atoms with van der Waals surface area (Å²) in [7, 11) is 0. The molecule has 0 saturated heterocycles. The molecule has 0 rings (SSSR count). The third-order valence-corrected chi connectivity index (χ3v) is 1.26. The van der Waals surface area contributed by atoms with Crippen LogP contribution in [0.1, 0.15) is 20.3 Å². The van der Waals surface area contributed by atoms with E-state index in [2.05, 4.69) is 6.58 Å². The molecule has 0 aromatic heterocycles. The zero-order valence-electron chi connectivity index (χ0n) is 7.71. The van der Waals surface area contributed by atoms with Crippen LogP contribution in [0.2, 0.25) is 0 Å². The molecular formula is C9H16O3. The largest absolute Gasteiger partial charge is 0.466 e. The Morgan fingerprint density at radius 1 is 1.67 bits per heavy atom. The van der Waals surface area contributed by atoms with E-state index in [1.165, 1.54) is 0 Å². The second-order valence-corrected chi connectivity index (χ2v) is 2.44. The summed E-state index contributed by atoms with van der Waals surface area (Å²) in [6.45, 7) is 8.02. The maximum Gasteiger partial charge on any atom is 0.308 e. The summed E-state index contributed by atoms with van der Waals surface area (Å²) in [5.41, 5.74) is 0. The average molecular weight is 172 g/mol. The van der Waals surface area contributed by atoms with E-state index in [0.717, 1.165) is 0 Å². The highest BCUT2D eigenvalue weighted by Gasteiger charge is 2.08. The van der Waals surface area contributed by atoms with E-state index in [1.54, 1.807) is 13.0 Å². The molecule has 0 aliphatic rings. The van der Waals surface area contributed by atoms with Crippen molar-refractivity contribution in [2.24, 2.45) is 0 Å². The van der Waals surface area contributed by atoms with E-state index in [-0.39, 0.29) is 12.1 Å². The van der Waals surface area contributed by atoms with E-state index in [0.29, 0.717) is 19.6 Å². The lowest BCUT2D eigenvalue weighted by Gasteiger charge is -2.09. The fourth-order valence-corrected chi connectivity index (χ4v) is 0.746. The summed E-state index contributed by atoms with van der Waals surface area (Å²) in [5.74, 6) is -0.214. The maximum absolute atomic E-state index is 10.9. The van der Waals surface area contributed by atoms with Crippen molar-refractivity contribution in [1.29, 1.82) is 0 Å². The number of rotatable bonds is 6. The van der Waals surface area contributed by atoms with Crippen LogP contribution in [0.3, 0.4) is 0 Å². The number of esters is 1. The number of ether oxygens (including phenoxy) is 2. The Balaban J connectivity index is 3.46. The molecule has 3 heteroatoms. The number of hydrogen-bond acceptors (Lipinski definition) is 3. The van der Waals surface area contributed by atoms with Gasteiger partial charge in [0.25, 0.3) is 0 Å². The van der Waals surface area contributed by atoms with Crippen LogP contribution in [-0.4, -0.2) is 25.3 Å². The van der Waals surface area contributed by atoms with Crippen LogP contribution in [0, 0.1) is 0 Å². The predicted octanol–water partition coefficient (Wildman–Crippen LogP) is 1.53. The van der Waals surface area contributed by atoms with Crippen LogP contribution in [-0.2, 0) is 14.3 Å². The Morgan fingerprint density at radius 3 is 2.83 bits per heavy atom. The molecule has 0 amide bonds. The van der Waals surface area contributed by atoms with Crippen molar-refractivity contribution in [2.75, 3.05) is 13.2 Å². The number of hydrogen-bond donors (Lipinski definition) is 0. The fraction of sp³-hybridized carbons (Fsp3) is 0.667. The van der Waals surface area contributed by atoms with Crippen molar-refractivity contribution in [2.45, 2.75) is 26.4 Å². The minimum Gasteiger partial charge on any atom is -0.466 e. The van der Waals surface area contributed by atoms with Crippen molar-refractivity contribution in [3.63, 3.8) is 0 Å². The highest BCUT2D eigenvalue weighted by molar-refractivity contribution is 5.69. The smallest absolute Gasteiger partial charge is 0.308 e. The van der Waals surface area contributed by atoms with Crippen LogP contribution in [0.15, 0.2) is 12.7 Å². The molecule has 0 aliphatic carbocycles. The van der Waals surface area contributed by atoms with Crippen LogP contribution in [0.4, 0.5) is 0 Å². The molecule has 1 unspecified atom stereocenters. The SMILES string of the molecule is C=CCOC(C)CC(=O)OCC. The first kappa shape index (κ1) is 11.2. The van der Waals surface area contributed by atoms with Crippen LogP contribution in [0.25, 0.3) is 0 Å². The second-order valence-electron chi connectivity index (χ2n) is 2.44. The lowest BCUT2D eigenvalue weighted by Crippen LogP contribution is -2.16. The van der Waals surface area contributed by atoms with Gasteiger partial charge >= 0.3 is 5.97 Å². The Labute approximate surface area is 73.4 Å². The van der Waals surface area contributed by atoms with Gasteiger partial charge in [-0.1, -0.05) is 6.08 Å². The molecular weight excluding hydrogens is 156 g/mol. The van der Waals surface area contributed by atoms with Gasteiger partial charge in [0.1, 0.15) is 0 Å². The van der Waals surface area contributed by atoms with Gasteiger partial charge in [-0.3, -0.25) is 4.79 Å². The van der Waals surface area contributed by atoms with Gasteiger partial charge in [-0.15, -0.1) is 6.58 Å². The summed E-state index contributed by atoms with van der Waals surface area (Å²) in [5, 5.41) is 0. The molecule has 0 heterocycles. The molecule has 0 spiro atoms. The van der Waals surface area contributed by atoms with Crippen LogP contribution < -0.4 is 0 Å². The molecule has 3 nitrogen and oxygen atoms in total. The molecule has 12 heavy (non-hydrogen) atoms. The summed E-state index contributed by atoms with van der Waals surface area (Å²) in [6, 6.07) is 0. The van der Waals surface area contributed by atoms with E-state index < -0.39 is 0 Å². The third-order valence-electron chi connectivity index (χ3n) is 1.26. The van der Waals surface area contributed by atoms with E-state index >= 15 is 0 Å². The summed E-state index contributed by atoms with van der Waals surface area (Å²) in [6.07, 6.45) is 1.87. The summed E-state index contributed by atoms with van der Waals surface area (Å²) < 4.78 is 9.94.